The second kappa shape index (κ2) is 4.96. The van der Waals surface area contributed by atoms with Gasteiger partial charge in [0.1, 0.15) is 4.92 Å². The highest BCUT2D eigenvalue weighted by molar-refractivity contribution is 9.10. The Hall–Kier alpha value is -2.22. The number of rotatable bonds is 3. The van der Waals surface area contributed by atoms with Crippen LogP contribution in [0.1, 0.15) is 10.6 Å². The van der Waals surface area contributed by atoms with E-state index in [-0.39, 0.29) is 5.76 Å². The molecule has 18 heavy (non-hydrogen) atoms. The van der Waals surface area contributed by atoms with Crippen LogP contribution in [0.3, 0.4) is 0 Å². The lowest BCUT2D eigenvalue weighted by Gasteiger charge is -2.02. The van der Waals surface area contributed by atoms with Crippen LogP contribution in [-0.4, -0.2) is 15.8 Å². The highest BCUT2D eigenvalue weighted by atomic mass is 79.9. The summed E-state index contributed by atoms with van der Waals surface area (Å²) in [5.41, 5.74) is 0.452. The van der Waals surface area contributed by atoms with E-state index in [9.17, 15) is 14.9 Å². The second-order valence-electron chi connectivity index (χ2n) is 3.24. The number of furan rings is 1. The SMILES string of the molecule is O=C(Nc1cncc(Br)c1)c1ccc([N+](=O)[O-])o1. The predicted molar refractivity (Wildman–Crippen MR) is 65.3 cm³/mol. The zero-order valence-corrected chi connectivity index (χ0v) is 10.4. The molecule has 0 radical (unpaired) electrons. The molecule has 0 fully saturated rings. The summed E-state index contributed by atoms with van der Waals surface area (Å²) in [4.78, 5) is 25.2. The molecule has 0 aromatic carbocycles. The lowest BCUT2D eigenvalue weighted by molar-refractivity contribution is -0.402. The monoisotopic (exact) mass is 311 g/mol. The van der Waals surface area contributed by atoms with E-state index in [1.54, 1.807) is 12.3 Å². The predicted octanol–water partition coefficient (Wildman–Crippen LogP) is 2.60. The molecule has 0 atom stereocenters. The Morgan fingerprint density at radius 1 is 1.44 bits per heavy atom. The van der Waals surface area contributed by atoms with E-state index in [0.29, 0.717) is 10.2 Å². The van der Waals surface area contributed by atoms with Crippen molar-refractivity contribution in [3.63, 3.8) is 0 Å². The first-order chi connectivity index (χ1) is 8.56. The van der Waals surface area contributed by atoms with Crippen molar-refractivity contribution in [2.75, 3.05) is 5.32 Å². The van der Waals surface area contributed by atoms with Gasteiger partial charge >= 0.3 is 5.88 Å². The standard InChI is InChI=1S/C10H6BrN3O4/c11-6-3-7(5-12-4-6)13-10(15)8-1-2-9(18-8)14(16)17/h1-5H,(H,13,15). The molecule has 2 aromatic rings. The molecule has 2 aromatic heterocycles. The quantitative estimate of drug-likeness (QED) is 0.694. The number of halogens is 1. The van der Waals surface area contributed by atoms with Crippen LogP contribution in [0.25, 0.3) is 0 Å². The van der Waals surface area contributed by atoms with Gasteiger partial charge < -0.3 is 9.73 Å². The summed E-state index contributed by atoms with van der Waals surface area (Å²) >= 11 is 3.20. The molecule has 0 spiro atoms. The molecule has 2 heterocycles. The summed E-state index contributed by atoms with van der Waals surface area (Å²) in [5.74, 6) is -1.20. The fourth-order valence-electron chi connectivity index (χ4n) is 1.22. The number of aromatic nitrogens is 1. The molecule has 7 nitrogen and oxygen atoms in total. The summed E-state index contributed by atoms with van der Waals surface area (Å²) in [5, 5.41) is 12.9. The maximum absolute atomic E-state index is 11.7. The number of nitro groups is 1. The third kappa shape index (κ3) is 2.72. The summed E-state index contributed by atoms with van der Waals surface area (Å²) in [6, 6.07) is 4.00. The molecule has 0 saturated carbocycles. The van der Waals surface area contributed by atoms with Crippen LogP contribution in [0.15, 0.2) is 39.5 Å². The minimum atomic E-state index is -0.711. The van der Waals surface area contributed by atoms with Crippen molar-refractivity contribution in [1.82, 2.24) is 4.98 Å². The Kier molecular flexibility index (Phi) is 3.38. The maximum atomic E-state index is 11.7. The van der Waals surface area contributed by atoms with Gasteiger partial charge in [-0.25, -0.2) is 0 Å². The van der Waals surface area contributed by atoms with Crippen LogP contribution in [0, 0.1) is 10.1 Å². The maximum Gasteiger partial charge on any atom is 0.433 e. The van der Waals surface area contributed by atoms with Crippen LogP contribution in [-0.2, 0) is 0 Å². The van der Waals surface area contributed by atoms with Crippen LogP contribution < -0.4 is 5.32 Å². The minimum absolute atomic E-state index is 0.137. The molecule has 0 aliphatic rings. The van der Waals surface area contributed by atoms with Gasteiger partial charge in [-0.05, 0) is 28.1 Å². The third-order valence-corrected chi connectivity index (χ3v) is 2.39. The van der Waals surface area contributed by atoms with Gasteiger partial charge in [-0.15, -0.1) is 0 Å². The number of nitrogens with one attached hydrogen (secondary N) is 1. The van der Waals surface area contributed by atoms with Crippen molar-refractivity contribution >= 4 is 33.4 Å². The molecular weight excluding hydrogens is 306 g/mol. The van der Waals surface area contributed by atoms with E-state index >= 15 is 0 Å². The number of carbonyl (C=O) groups excluding carboxylic acids is 1. The lowest BCUT2D eigenvalue weighted by atomic mass is 10.4. The molecule has 1 amide bonds. The normalized spacial score (nSPS) is 10.1. The van der Waals surface area contributed by atoms with Crippen molar-refractivity contribution in [2.45, 2.75) is 0 Å². The van der Waals surface area contributed by atoms with Gasteiger partial charge in [0.25, 0.3) is 5.91 Å². The van der Waals surface area contributed by atoms with Crippen molar-refractivity contribution in [3.05, 3.63) is 50.9 Å². The molecule has 0 saturated heterocycles. The molecule has 1 N–H and O–H groups in total. The highest BCUT2D eigenvalue weighted by Crippen LogP contribution is 2.18. The molecule has 0 aliphatic heterocycles. The zero-order chi connectivity index (χ0) is 13.1. The lowest BCUT2D eigenvalue weighted by Crippen LogP contribution is -2.10. The van der Waals surface area contributed by atoms with E-state index < -0.39 is 16.7 Å². The first kappa shape index (κ1) is 12.2. The van der Waals surface area contributed by atoms with Gasteiger partial charge in [-0.2, -0.15) is 0 Å². The second-order valence-corrected chi connectivity index (χ2v) is 4.16. The smallest absolute Gasteiger partial charge is 0.395 e. The number of pyridine rings is 1. The van der Waals surface area contributed by atoms with Gasteiger partial charge in [0.05, 0.1) is 18.0 Å². The largest absolute Gasteiger partial charge is 0.433 e. The number of amides is 1. The van der Waals surface area contributed by atoms with E-state index in [2.05, 4.69) is 26.2 Å². The Labute approximate surface area is 109 Å². The van der Waals surface area contributed by atoms with Gasteiger partial charge in [-0.1, -0.05) is 0 Å². The van der Waals surface area contributed by atoms with Crippen molar-refractivity contribution < 1.29 is 14.1 Å². The molecule has 92 valence electrons. The van der Waals surface area contributed by atoms with E-state index in [4.69, 9.17) is 4.42 Å². The fourth-order valence-corrected chi connectivity index (χ4v) is 1.59. The van der Waals surface area contributed by atoms with Crippen molar-refractivity contribution in [2.24, 2.45) is 0 Å². The van der Waals surface area contributed by atoms with Gasteiger partial charge in [0.2, 0.25) is 0 Å². The fraction of sp³-hybridized carbons (Fsp3) is 0. The molecule has 0 bridgehead atoms. The number of carbonyl (C=O) groups is 1. The molecule has 2 rings (SSSR count). The minimum Gasteiger partial charge on any atom is -0.395 e. The number of hydrogen-bond acceptors (Lipinski definition) is 5. The van der Waals surface area contributed by atoms with E-state index in [1.165, 1.54) is 12.3 Å². The van der Waals surface area contributed by atoms with E-state index in [0.717, 1.165) is 6.07 Å². The Morgan fingerprint density at radius 2 is 2.22 bits per heavy atom. The zero-order valence-electron chi connectivity index (χ0n) is 8.79. The topological polar surface area (TPSA) is 98.3 Å². The van der Waals surface area contributed by atoms with Gasteiger partial charge in [-0.3, -0.25) is 19.9 Å². The van der Waals surface area contributed by atoms with Crippen LogP contribution in [0.5, 0.6) is 0 Å². The third-order valence-electron chi connectivity index (χ3n) is 1.96. The Balaban J connectivity index is 2.14. The summed E-state index contributed by atoms with van der Waals surface area (Å²) < 4.78 is 5.47. The number of nitrogens with zero attached hydrogens (tertiary/aromatic N) is 2. The molecule has 8 heteroatoms. The average molecular weight is 312 g/mol. The van der Waals surface area contributed by atoms with Crippen molar-refractivity contribution in [1.29, 1.82) is 0 Å². The Morgan fingerprint density at radius 3 is 2.83 bits per heavy atom. The summed E-state index contributed by atoms with van der Waals surface area (Å²) in [7, 11) is 0. The number of anilines is 1. The Bertz CT molecular complexity index is 611. The molecule has 0 aliphatic carbocycles. The van der Waals surface area contributed by atoms with Crippen LogP contribution in [0.2, 0.25) is 0 Å². The van der Waals surface area contributed by atoms with E-state index in [1.807, 2.05) is 0 Å². The van der Waals surface area contributed by atoms with Gasteiger partial charge in [0, 0.05) is 10.7 Å². The number of hydrogen-bond donors (Lipinski definition) is 1. The summed E-state index contributed by atoms with van der Waals surface area (Å²) in [6.07, 6.45) is 3.01. The summed E-state index contributed by atoms with van der Waals surface area (Å²) in [6.45, 7) is 0. The highest BCUT2D eigenvalue weighted by Gasteiger charge is 2.17. The first-order valence-electron chi connectivity index (χ1n) is 4.72. The average Bonchev–Trinajstić information content (AvgIpc) is 2.78. The van der Waals surface area contributed by atoms with Crippen LogP contribution in [0.4, 0.5) is 11.6 Å². The van der Waals surface area contributed by atoms with Crippen molar-refractivity contribution in [3.8, 4) is 0 Å². The molecule has 0 unspecified atom stereocenters. The van der Waals surface area contributed by atoms with Crippen LogP contribution >= 0.6 is 15.9 Å². The van der Waals surface area contributed by atoms with Gasteiger partial charge in [0.15, 0.2) is 5.76 Å². The first-order valence-corrected chi connectivity index (χ1v) is 5.51. The molecular formula is C10H6BrN3O4.